The molecule has 1 rings (SSSR count). The molecule has 4 heteroatoms. The highest BCUT2D eigenvalue weighted by Gasteiger charge is 2.17. The molecule has 1 aromatic carbocycles. The number of aliphatic hydroxyl groups is 2. The van der Waals surface area contributed by atoms with E-state index in [0.29, 0.717) is 18.8 Å². The van der Waals surface area contributed by atoms with E-state index in [1.807, 2.05) is 19.9 Å². The third-order valence-corrected chi connectivity index (χ3v) is 2.70. The first-order valence-corrected chi connectivity index (χ1v) is 5.83. The minimum Gasteiger partial charge on any atom is -0.504 e. The number of para-hydroxylation sites is 1. The van der Waals surface area contributed by atoms with Crippen LogP contribution in [-0.2, 0) is 0 Å². The molecule has 0 aliphatic heterocycles. The zero-order chi connectivity index (χ0) is 12.8. The number of phenolic OH excluding ortho intramolecular Hbond substituents is 1. The van der Waals surface area contributed by atoms with Crippen molar-refractivity contribution in [3.63, 3.8) is 0 Å². The van der Waals surface area contributed by atoms with Gasteiger partial charge in [0.25, 0.3) is 0 Å². The van der Waals surface area contributed by atoms with Crippen molar-refractivity contribution in [2.45, 2.75) is 32.3 Å². The number of phenols is 1. The van der Waals surface area contributed by atoms with Gasteiger partial charge in [-0.2, -0.15) is 0 Å². The Morgan fingerprint density at radius 2 is 2.06 bits per heavy atom. The van der Waals surface area contributed by atoms with Gasteiger partial charge in [-0.15, -0.1) is 0 Å². The number of aliphatic hydroxyl groups excluding tert-OH is 2. The summed E-state index contributed by atoms with van der Waals surface area (Å²) in [5.41, 5.74) is 0.725. The minimum atomic E-state index is -0.764. The molecular weight excluding hydrogens is 220 g/mol. The first kappa shape index (κ1) is 13.8. The van der Waals surface area contributed by atoms with Gasteiger partial charge in [0.05, 0.1) is 19.3 Å². The Bertz CT molecular complexity index is 351. The summed E-state index contributed by atoms with van der Waals surface area (Å²) in [7, 11) is 0. The average Bonchev–Trinajstić information content (AvgIpc) is 2.31. The third kappa shape index (κ3) is 3.61. The zero-order valence-electron chi connectivity index (χ0n) is 10.3. The molecule has 96 valence electrons. The van der Waals surface area contributed by atoms with Gasteiger partial charge in [-0.25, -0.2) is 0 Å². The lowest BCUT2D eigenvalue weighted by atomic mass is 9.94. The number of ether oxygens (including phenoxy) is 1. The molecule has 0 aliphatic carbocycles. The van der Waals surface area contributed by atoms with Crippen molar-refractivity contribution in [2.24, 2.45) is 0 Å². The monoisotopic (exact) mass is 240 g/mol. The van der Waals surface area contributed by atoms with Gasteiger partial charge >= 0.3 is 0 Å². The summed E-state index contributed by atoms with van der Waals surface area (Å²) in [6, 6.07) is 5.31. The Balaban J connectivity index is 2.86. The van der Waals surface area contributed by atoms with Crippen molar-refractivity contribution in [1.82, 2.24) is 0 Å². The van der Waals surface area contributed by atoms with Crippen LogP contribution in [0.15, 0.2) is 18.2 Å². The molecule has 0 radical (unpaired) electrons. The zero-order valence-corrected chi connectivity index (χ0v) is 10.3. The highest BCUT2D eigenvalue weighted by molar-refractivity contribution is 5.46. The summed E-state index contributed by atoms with van der Waals surface area (Å²) < 4.78 is 5.30. The summed E-state index contributed by atoms with van der Waals surface area (Å²) in [5, 5.41) is 28.2. The lowest BCUT2D eigenvalue weighted by Gasteiger charge is -2.17. The molecule has 0 amide bonds. The number of hydrogen-bond donors (Lipinski definition) is 3. The van der Waals surface area contributed by atoms with Gasteiger partial charge in [0, 0.05) is 5.56 Å². The van der Waals surface area contributed by atoms with Crippen molar-refractivity contribution < 1.29 is 20.1 Å². The number of benzene rings is 1. The van der Waals surface area contributed by atoms with E-state index in [9.17, 15) is 10.2 Å². The molecule has 4 nitrogen and oxygen atoms in total. The van der Waals surface area contributed by atoms with Crippen molar-refractivity contribution in [3.8, 4) is 11.5 Å². The van der Waals surface area contributed by atoms with Gasteiger partial charge in [0.1, 0.15) is 0 Å². The highest BCUT2D eigenvalue weighted by atomic mass is 16.5. The van der Waals surface area contributed by atoms with Crippen molar-refractivity contribution in [3.05, 3.63) is 23.8 Å². The molecule has 0 heterocycles. The van der Waals surface area contributed by atoms with Crippen LogP contribution in [0.25, 0.3) is 0 Å². The van der Waals surface area contributed by atoms with E-state index in [1.54, 1.807) is 12.1 Å². The first-order valence-electron chi connectivity index (χ1n) is 5.83. The molecule has 0 saturated heterocycles. The molecule has 2 unspecified atom stereocenters. The minimum absolute atomic E-state index is 0.0439. The summed E-state index contributed by atoms with van der Waals surface area (Å²) in [6.45, 7) is 3.97. The maximum Gasteiger partial charge on any atom is 0.161 e. The number of hydrogen-bond acceptors (Lipinski definition) is 4. The molecule has 2 atom stereocenters. The summed E-state index contributed by atoms with van der Waals surface area (Å²) in [4.78, 5) is 0. The Kier molecular flexibility index (Phi) is 5.25. The van der Waals surface area contributed by atoms with Crippen LogP contribution >= 0.6 is 0 Å². The highest BCUT2D eigenvalue weighted by Crippen LogP contribution is 2.36. The number of aromatic hydroxyl groups is 1. The first-order chi connectivity index (χ1) is 8.10. The molecule has 0 aromatic heterocycles. The lowest BCUT2D eigenvalue weighted by molar-refractivity contribution is 0.0833. The van der Waals surface area contributed by atoms with Crippen molar-refractivity contribution in [2.75, 3.05) is 13.2 Å². The molecule has 3 N–H and O–H groups in total. The Hall–Kier alpha value is -1.26. The molecule has 17 heavy (non-hydrogen) atoms. The van der Waals surface area contributed by atoms with E-state index in [1.165, 1.54) is 0 Å². The van der Waals surface area contributed by atoms with E-state index >= 15 is 0 Å². The SMILES string of the molecule is CCOc1cccc(C(C)CC(O)CO)c1O. The van der Waals surface area contributed by atoms with E-state index in [0.717, 1.165) is 5.56 Å². The van der Waals surface area contributed by atoms with Crippen LogP contribution in [0.2, 0.25) is 0 Å². The Morgan fingerprint density at radius 1 is 1.35 bits per heavy atom. The molecule has 1 aromatic rings. The van der Waals surface area contributed by atoms with Crippen LogP contribution in [0, 0.1) is 0 Å². The lowest BCUT2D eigenvalue weighted by Crippen LogP contribution is -2.15. The topological polar surface area (TPSA) is 69.9 Å². The molecule has 0 bridgehead atoms. The molecule has 0 fully saturated rings. The van der Waals surface area contributed by atoms with Crippen molar-refractivity contribution in [1.29, 1.82) is 0 Å². The van der Waals surface area contributed by atoms with E-state index in [4.69, 9.17) is 9.84 Å². The maximum absolute atomic E-state index is 10.0. The average molecular weight is 240 g/mol. The van der Waals surface area contributed by atoms with Gasteiger partial charge in [0.15, 0.2) is 11.5 Å². The summed E-state index contributed by atoms with van der Waals surface area (Å²) in [6.07, 6.45) is -0.361. The van der Waals surface area contributed by atoms with Gasteiger partial charge in [-0.3, -0.25) is 0 Å². The Labute approximate surface area is 101 Å². The third-order valence-electron chi connectivity index (χ3n) is 2.70. The smallest absolute Gasteiger partial charge is 0.161 e. The van der Waals surface area contributed by atoms with Crippen LogP contribution in [0.1, 0.15) is 31.7 Å². The fraction of sp³-hybridized carbons (Fsp3) is 0.538. The summed E-state index contributed by atoms with van der Waals surface area (Å²) >= 11 is 0. The number of rotatable bonds is 6. The normalized spacial score (nSPS) is 14.4. The molecular formula is C13H20O4. The second-order valence-corrected chi connectivity index (χ2v) is 4.10. The fourth-order valence-electron chi connectivity index (χ4n) is 1.82. The van der Waals surface area contributed by atoms with Crippen LogP contribution < -0.4 is 4.74 Å². The molecule has 0 spiro atoms. The quantitative estimate of drug-likeness (QED) is 0.707. The van der Waals surface area contributed by atoms with Gasteiger partial charge in [-0.05, 0) is 25.3 Å². The second kappa shape index (κ2) is 6.47. The van der Waals surface area contributed by atoms with Gasteiger partial charge < -0.3 is 20.1 Å². The largest absolute Gasteiger partial charge is 0.504 e. The summed E-state index contributed by atoms with van der Waals surface area (Å²) in [5.74, 6) is 0.528. The second-order valence-electron chi connectivity index (χ2n) is 4.10. The van der Waals surface area contributed by atoms with Gasteiger partial charge in [-0.1, -0.05) is 19.1 Å². The van der Waals surface area contributed by atoms with E-state index in [-0.39, 0.29) is 18.3 Å². The Morgan fingerprint density at radius 3 is 2.65 bits per heavy atom. The van der Waals surface area contributed by atoms with Crippen LogP contribution in [0.3, 0.4) is 0 Å². The van der Waals surface area contributed by atoms with Crippen LogP contribution in [0.4, 0.5) is 0 Å². The predicted octanol–water partition coefficient (Wildman–Crippen LogP) is 1.64. The standard InChI is InChI=1S/C13H20O4/c1-3-17-12-6-4-5-11(13(12)16)9(2)7-10(15)8-14/h4-6,9-10,14-16H,3,7-8H2,1-2H3. The molecule has 0 saturated carbocycles. The predicted molar refractivity (Wildman–Crippen MR) is 65.4 cm³/mol. The van der Waals surface area contributed by atoms with Crippen LogP contribution in [0.5, 0.6) is 11.5 Å². The maximum atomic E-state index is 10.0. The van der Waals surface area contributed by atoms with E-state index in [2.05, 4.69) is 0 Å². The van der Waals surface area contributed by atoms with Gasteiger partial charge in [0.2, 0.25) is 0 Å². The van der Waals surface area contributed by atoms with E-state index < -0.39 is 6.10 Å². The van der Waals surface area contributed by atoms with Crippen molar-refractivity contribution >= 4 is 0 Å². The fourth-order valence-corrected chi connectivity index (χ4v) is 1.82. The van der Waals surface area contributed by atoms with Crippen LogP contribution in [-0.4, -0.2) is 34.6 Å². The molecule has 0 aliphatic rings.